The van der Waals surface area contributed by atoms with E-state index in [9.17, 15) is 14.0 Å². The number of carbonyl (C=O) groups excluding carboxylic acids is 2. The number of nitrogens with one attached hydrogen (secondary N) is 2. The van der Waals surface area contributed by atoms with Gasteiger partial charge in [0.15, 0.2) is 6.61 Å². The Kier molecular flexibility index (Phi) is 4.33. The fourth-order valence-corrected chi connectivity index (χ4v) is 1.31. The number of hydrogen-bond donors (Lipinski definition) is 2. The Morgan fingerprint density at radius 3 is 2.55 bits per heavy atom. The zero-order chi connectivity index (χ0) is 14.4. The van der Waals surface area contributed by atoms with Crippen molar-refractivity contribution in [2.45, 2.75) is 0 Å². The maximum atomic E-state index is 12.6. The average Bonchev–Trinajstić information content (AvgIpc) is 2.98. The van der Waals surface area contributed by atoms with Crippen LogP contribution in [0.2, 0.25) is 0 Å². The van der Waals surface area contributed by atoms with Gasteiger partial charge in [-0.3, -0.25) is 20.4 Å². The molecule has 104 valence electrons. The Labute approximate surface area is 113 Å². The highest BCUT2D eigenvalue weighted by molar-refractivity contribution is 5.95. The average molecular weight is 278 g/mol. The van der Waals surface area contributed by atoms with Crippen molar-refractivity contribution in [3.63, 3.8) is 0 Å². The van der Waals surface area contributed by atoms with E-state index in [0.717, 1.165) is 0 Å². The lowest BCUT2D eigenvalue weighted by atomic mass is 10.3. The molecule has 1 aromatic carbocycles. The van der Waals surface area contributed by atoms with Gasteiger partial charge in [0, 0.05) is 0 Å². The molecule has 0 saturated heterocycles. The van der Waals surface area contributed by atoms with E-state index in [-0.39, 0.29) is 12.2 Å². The molecule has 0 fully saturated rings. The van der Waals surface area contributed by atoms with Gasteiger partial charge >= 0.3 is 0 Å². The number of amides is 2. The normalized spacial score (nSPS) is 9.85. The van der Waals surface area contributed by atoms with Crippen LogP contribution in [0.5, 0.6) is 5.75 Å². The van der Waals surface area contributed by atoms with E-state index in [4.69, 9.17) is 9.15 Å². The van der Waals surface area contributed by atoms with Crippen molar-refractivity contribution in [1.29, 1.82) is 0 Å². The van der Waals surface area contributed by atoms with Crippen LogP contribution in [0.15, 0.2) is 47.3 Å². The number of halogens is 1. The van der Waals surface area contributed by atoms with Gasteiger partial charge in [-0.05, 0) is 30.3 Å². The summed E-state index contributed by atoms with van der Waals surface area (Å²) in [4.78, 5) is 22.9. The van der Waals surface area contributed by atoms with E-state index in [2.05, 4.69) is 10.9 Å². The summed E-state index contributed by atoms with van der Waals surface area (Å²) in [5.74, 6) is -1.10. The molecular formula is C13H11FN2O4. The van der Waals surface area contributed by atoms with Crippen LogP contribution >= 0.6 is 0 Å². The molecule has 7 heteroatoms. The summed E-state index contributed by atoms with van der Waals surface area (Å²) in [5, 5.41) is 0. The summed E-state index contributed by atoms with van der Waals surface area (Å²) in [6, 6.07) is 6.68. The third-order valence-corrected chi connectivity index (χ3v) is 2.28. The zero-order valence-electron chi connectivity index (χ0n) is 10.3. The molecule has 0 aliphatic rings. The number of ether oxygens (including phenoxy) is 1. The lowest BCUT2D eigenvalue weighted by Gasteiger charge is -2.07. The third-order valence-electron chi connectivity index (χ3n) is 2.28. The second-order valence-electron chi connectivity index (χ2n) is 3.76. The smallest absolute Gasteiger partial charge is 0.276 e. The number of hydrazine groups is 1. The molecule has 2 amide bonds. The molecule has 0 bridgehead atoms. The quantitative estimate of drug-likeness (QED) is 0.825. The Balaban J connectivity index is 1.73. The molecule has 2 rings (SSSR count). The van der Waals surface area contributed by atoms with Gasteiger partial charge in [0.2, 0.25) is 0 Å². The Bertz CT molecular complexity index is 581. The van der Waals surface area contributed by atoms with E-state index in [0.29, 0.717) is 5.75 Å². The van der Waals surface area contributed by atoms with Crippen LogP contribution in [0.25, 0.3) is 0 Å². The lowest BCUT2D eigenvalue weighted by Crippen LogP contribution is -2.43. The summed E-state index contributed by atoms with van der Waals surface area (Å²) < 4.78 is 22.5. The van der Waals surface area contributed by atoms with Crippen molar-refractivity contribution in [3.05, 3.63) is 54.2 Å². The van der Waals surface area contributed by atoms with Gasteiger partial charge in [0.1, 0.15) is 17.8 Å². The summed E-state index contributed by atoms with van der Waals surface area (Å²) in [6.07, 6.45) is 2.59. The predicted octanol–water partition coefficient (Wildman–Crippen LogP) is 1.26. The zero-order valence-corrected chi connectivity index (χ0v) is 10.3. The second kappa shape index (κ2) is 6.37. The van der Waals surface area contributed by atoms with E-state index in [1.54, 1.807) is 0 Å². The summed E-state index contributed by atoms with van der Waals surface area (Å²) in [6.45, 7) is -0.308. The van der Waals surface area contributed by atoms with Crippen LogP contribution in [-0.2, 0) is 4.79 Å². The van der Waals surface area contributed by atoms with Gasteiger partial charge < -0.3 is 9.15 Å². The van der Waals surface area contributed by atoms with E-state index < -0.39 is 17.6 Å². The molecule has 0 aliphatic heterocycles. The first kappa shape index (κ1) is 13.6. The van der Waals surface area contributed by atoms with Crippen molar-refractivity contribution in [3.8, 4) is 5.75 Å². The van der Waals surface area contributed by atoms with Crippen molar-refractivity contribution < 1.29 is 23.1 Å². The molecule has 0 saturated carbocycles. The minimum atomic E-state index is -0.550. The molecule has 2 N–H and O–H groups in total. The topological polar surface area (TPSA) is 80.6 Å². The number of benzene rings is 1. The van der Waals surface area contributed by atoms with Gasteiger partial charge in [0.05, 0.1) is 11.8 Å². The number of furan rings is 1. The number of hydrogen-bond acceptors (Lipinski definition) is 4. The highest BCUT2D eigenvalue weighted by atomic mass is 19.1. The SMILES string of the molecule is O=C(COc1ccc(F)cc1)NNC(=O)c1ccoc1. The van der Waals surface area contributed by atoms with Crippen molar-refractivity contribution in [1.82, 2.24) is 10.9 Å². The van der Waals surface area contributed by atoms with Crippen LogP contribution < -0.4 is 15.6 Å². The number of carbonyl (C=O) groups is 2. The Morgan fingerprint density at radius 1 is 1.15 bits per heavy atom. The van der Waals surface area contributed by atoms with E-state index in [1.165, 1.54) is 42.9 Å². The second-order valence-corrected chi connectivity index (χ2v) is 3.76. The van der Waals surface area contributed by atoms with Crippen LogP contribution in [0.1, 0.15) is 10.4 Å². The maximum absolute atomic E-state index is 12.6. The molecule has 2 aromatic rings. The fourth-order valence-electron chi connectivity index (χ4n) is 1.31. The summed E-state index contributed by atoms with van der Waals surface area (Å²) in [5.41, 5.74) is 4.65. The standard InChI is InChI=1S/C13H11FN2O4/c14-10-1-3-11(4-2-10)20-8-12(17)15-16-13(18)9-5-6-19-7-9/h1-7H,8H2,(H,15,17)(H,16,18). The van der Waals surface area contributed by atoms with Gasteiger partial charge in [0.25, 0.3) is 11.8 Å². The first-order valence-corrected chi connectivity index (χ1v) is 5.65. The molecule has 0 spiro atoms. The molecule has 0 atom stereocenters. The van der Waals surface area contributed by atoms with Gasteiger partial charge in [-0.15, -0.1) is 0 Å². The highest BCUT2D eigenvalue weighted by Gasteiger charge is 2.08. The third kappa shape index (κ3) is 3.84. The molecule has 20 heavy (non-hydrogen) atoms. The largest absolute Gasteiger partial charge is 0.484 e. The van der Waals surface area contributed by atoms with Crippen LogP contribution in [-0.4, -0.2) is 18.4 Å². The lowest BCUT2D eigenvalue weighted by molar-refractivity contribution is -0.123. The minimum Gasteiger partial charge on any atom is -0.484 e. The number of rotatable bonds is 4. The molecule has 1 heterocycles. The van der Waals surface area contributed by atoms with Crippen LogP contribution in [0.4, 0.5) is 4.39 Å². The maximum Gasteiger partial charge on any atom is 0.276 e. The summed E-state index contributed by atoms with van der Waals surface area (Å²) >= 11 is 0. The Hall–Kier alpha value is -2.83. The fraction of sp³-hybridized carbons (Fsp3) is 0.0769. The van der Waals surface area contributed by atoms with E-state index in [1.807, 2.05) is 0 Å². The Morgan fingerprint density at radius 2 is 1.90 bits per heavy atom. The van der Waals surface area contributed by atoms with Gasteiger partial charge in [-0.2, -0.15) is 0 Å². The van der Waals surface area contributed by atoms with Crippen LogP contribution in [0, 0.1) is 5.82 Å². The first-order valence-electron chi connectivity index (χ1n) is 5.65. The predicted molar refractivity (Wildman–Crippen MR) is 66.2 cm³/mol. The molecule has 0 radical (unpaired) electrons. The first-order chi connectivity index (χ1) is 9.65. The van der Waals surface area contributed by atoms with E-state index >= 15 is 0 Å². The van der Waals surface area contributed by atoms with Gasteiger partial charge in [-0.25, -0.2) is 4.39 Å². The van der Waals surface area contributed by atoms with Crippen molar-refractivity contribution in [2.75, 3.05) is 6.61 Å². The molecule has 0 aliphatic carbocycles. The monoisotopic (exact) mass is 278 g/mol. The molecule has 6 nitrogen and oxygen atoms in total. The molecule has 1 aromatic heterocycles. The summed E-state index contributed by atoms with van der Waals surface area (Å²) in [7, 11) is 0. The van der Waals surface area contributed by atoms with Crippen molar-refractivity contribution in [2.24, 2.45) is 0 Å². The van der Waals surface area contributed by atoms with Crippen molar-refractivity contribution >= 4 is 11.8 Å². The highest BCUT2D eigenvalue weighted by Crippen LogP contribution is 2.10. The minimum absolute atomic E-state index is 0.282. The molecule has 0 unspecified atom stereocenters. The molecular weight excluding hydrogens is 267 g/mol. The van der Waals surface area contributed by atoms with Gasteiger partial charge in [-0.1, -0.05) is 0 Å². The van der Waals surface area contributed by atoms with Crippen LogP contribution in [0.3, 0.4) is 0 Å².